The summed E-state index contributed by atoms with van der Waals surface area (Å²) in [7, 11) is 0. The second-order valence-corrected chi connectivity index (χ2v) is 7.10. The topological polar surface area (TPSA) is 92.8 Å². The summed E-state index contributed by atoms with van der Waals surface area (Å²) in [4.78, 5) is 21.2. The molecule has 27 heavy (non-hydrogen) atoms. The van der Waals surface area contributed by atoms with Crippen molar-refractivity contribution in [3.8, 4) is 5.75 Å². The Morgan fingerprint density at radius 2 is 2.22 bits per heavy atom. The van der Waals surface area contributed by atoms with Crippen molar-refractivity contribution in [2.45, 2.75) is 45.8 Å². The molecule has 0 saturated carbocycles. The second kappa shape index (κ2) is 8.77. The summed E-state index contributed by atoms with van der Waals surface area (Å²) in [5.41, 5.74) is 3.16. The minimum absolute atomic E-state index is 0.192. The van der Waals surface area contributed by atoms with Crippen LogP contribution in [0.1, 0.15) is 66.9 Å². The first kappa shape index (κ1) is 19.0. The van der Waals surface area contributed by atoms with Gasteiger partial charge in [-0.15, -0.1) is 11.3 Å². The highest BCUT2D eigenvalue weighted by Gasteiger charge is 2.17. The number of aromatic nitrogens is 4. The smallest absolute Gasteiger partial charge is 0.251 e. The average molecular weight is 385 g/mol. The quantitative estimate of drug-likeness (QED) is 0.614. The average Bonchev–Trinajstić information content (AvgIpc) is 3.38. The van der Waals surface area contributed by atoms with Crippen molar-refractivity contribution in [2.24, 2.45) is 0 Å². The van der Waals surface area contributed by atoms with Gasteiger partial charge in [0.05, 0.1) is 17.2 Å². The van der Waals surface area contributed by atoms with Crippen LogP contribution in [0.5, 0.6) is 5.75 Å². The molecule has 1 amide bonds. The highest BCUT2D eigenvalue weighted by atomic mass is 32.1. The zero-order chi connectivity index (χ0) is 19.2. The molecule has 0 saturated heterocycles. The molecular formula is C19H23N5O2S. The number of carbonyl (C=O) groups is 1. The van der Waals surface area contributed by atoms with Gasteiger partial charge in [-0.3, -0.25) is 9.89 Å². The first-order valence-electron chi connectivity index (χ1n) is 8.89. The molecule has 1 aromatic carbocycles. The number of ether oxygens (including phenoxy) is 1. The number of aromatic amines is 1. The Hall–Kier alpha value is -2.74. The minimum atomic E-state index is -0.276. The van der Waals surface area contributed by atoms with Crippen LogP contribution in [-0.2, 0) is 6.61 Å². The van der Waals surface area contributed by atoms with Gasteiger partial charge in [-0.05, 0) is 31.5 Å². The maximum atomic E-state index is 12.6. The number of benzene rings is 1. The third-order valence-electron chi connectivity index (χ3n) is 4.30. The molecular weight excluding hydrogens is 362 g/mol. The van der Waals surface area contributed by atoms with E-state index in [1.54, 1.807) is 23.7 Å². The van der Waals surface area contributed by atoms with E-state index in [1.807, 2.05) is 18.4 Å². The van der Waals surface area contributed by atoms with Gasteiger partial charge in [0.25, 0.3) is 5.91 Å². The summed E-state index contributed by atoms with van der Waals surface area (Å²) in [6.45, 7) is 6.42. The van der Waals surface area contributed by atoms with Gasteiger partial charge < -0.3 is 10.1 Å². The molecule has 0 bridgehead atoms. The zero-order valence-electron chi connectivity index (χ0n) is 15.6. The standard InChI is InChI=1S/C19H23N5O2S/c1-4-12(2)17-22-18(24-23-17)13(3)21-19(25)14-6-5-7-16(8-14)26-9-15-10-27-11-20-15/h5-8,10-13H,4,9H2,1-3H3,(H,21,25)(H,22,23,24)/t12-,13+/m1/s1. The third kappa shape index (κ3) is 4.91. The van der Waals surface area contributed by atoms with Gasteiger partial charge in [0.15, 0.2) is 5.82 Å². The van der Waals surface area contributed by atoms with Gasteiger partial charge in [-0.2, -0.15) is 5.10 Å². The molecule has 3 rings (SSSR count). The predicted molar refractivity (Wildman–Crippen MR) is 104 cm³/mol. The SMILES string of the molecule is CC[C@@H](C)c1n[nH]c([C@H](C)NC(=O)c2cccc(OCc3cscn3)c2)n1. The Labute approximate surface area is 162 Å². The summed E-state index contributed by atoms with van der Waals surface area (Å²) in [5, 5.41) is 12.0. The lowest BCUT2D eigenvalue weighted by atomic mass is 10.1. The Kier molecular flexibility index (Phi) is 6.18. The highest BCUT2D eigenvalue weighted by Crippen LogP contribution is 2.18. The van der Waals surface area contributed by atoms with E-state index in [1.165, 1.54) is 11.3 Å². The van der Waals surface area contributed by atoms with E-state index in [9.17, 15) is 4.79 Å². The van der Waals surface area contributed by atoms with Gasteiger partial charge in [-0.25, -0.2) is 9.97 Å². The van der Waals surface area contributed by atoms with E-state index in [4.69, 9.17) is 4.74 Å². The number of hydrogen-bond donors (Lipinski definition) is 2. The lowest BCUT2D eigenvalue weighted by Gasteiger charge is -2.12. The zero-order valence-corrected chi connectivity index (χ0v) is 16.4. The van der Waals surface area contributed by atoms with Crippen molar-refractivity contribution in [2.75, 3.05) is 0 Å². The summed E-state index contributed by atoms with van der Waals surface area (Å²) >= 11 is 1.52. The number of H-pyrrole nitrogens is 1. The Morgan fingerprint density at radius 1 is 1.37 bits per heavy atom. The molecule has 2 N–H and O–H groups in total. The Balaban J connectivity index is 1.61. The van der Waals surface area contributed by atoms with Crippen LogP contribution in [0.15, 0.2) is 35.2 Å². The number of nitrogens with zero attached hydrogens (tertiary/aromatic N) is 3. The number of carbonyl (C=O) groups excluding carboxylic acids is 1. The molecule has 3 aromatic rings. The predicted octanol–water partition coefficient (Wildman–Crippen LogP) is 3.84. The lowest BCUT2D eigenvalue weighted by Crippen LogP contribution is -2.27. The summed E-state index contributed by atoms with van der Waals surface area (Å²) < 4.78 is 5.71. The van der Waals surface area contributed by atoms with Crippen LogP contribution in [0.3, 0.4) is 0 Å². The van der Waals surface area contributed by atoms with Crippen molar-refractivity contribution in [1.82, 2.24) is 25.5 Å². The van der Waals surface area contributed by atoms with E-state index >= 15 is 0 Å². The molecule has 0 radical (unpaired) electrons. The molecule has 2 aromatic heterocycles. The van der Waals surface area contributed by atoms with E-state index in [0.717, 1.165) is 17.9 Å². The Morgan fingerprint density at radius 3 is 2.96 bits per heavy atom. The van der Waals surface area contributed by atoms with Crippen molar-refractivity contribution < 1.29 is 9.53 Å². The molecule has 0 aliphatic rings. The molecule has 7 nitrogen and oxygen atoms in total. The number of rotatable bonds is 8. The van der Waals surface area contributed by atoms with E-state index < -0.39 is 0 Å². The summed E-state index contributed by atoms with van der Waals surface area (Å²) in [6, 6.07) is 6.82. The van der Waals surface area contributed by atoms with E-state index in [0.29, 0.717) is 23.7 Å². The highest BCUT2D eigenvalue weighted by molar-refractivity contribution is 7.07. The first-order valence-corrected chi connectivity index (χ1v) is 9.84. The van der Waals surface area contributed by atoms with Gasteiger partial charge in [0.1, 0.15) is 18.2 Å². The number of hydrogen-bond acceptors (Lipinski definition) is 6. The van der Waals surface area contributed by atoms with Crippen molar-refractivity contribution in [3.63, 3.8) is 0 Å². The molecule has 0 spiro atoms. The van der Waals surface area contributed by atoms with Gasteiger partial charge >= 0.3 is 0 Å². The van der Waals surface area contributed by atoms with Crippen LogP contribution in [0.25, 0.3) is 0 Å². The molecule has 142 valence electrons. The van der Waals surface area contributed by atoms with Gasteiger partial charge in [0, 0.05) is 16.9 Å². The molecule has 2 atom stereocenters. The molecule has 8 heteroatoms. The fourth-order valence-corrected chi connectivity index (χ4v) is 2.97. The maximum absolute atomic E-state index is 12.6. The largest absolute Gasteiger partial charge is 0.487 e. The molecule has 0 aliphatic heterocycles. The summed E-state index contributed by atoms with van der Waals surface area (Å²) in [6.07, 6.45) is 0.964. The van der Waals surface area contributed by atoms with Crippen LogP contribution in [0, 0.1) is 0 Å². The van der Waals surface area contributed by atoms with Gasteiger partial charge in [-0.1, -0.05) is 19.9 Å². The normalized spacial score (nSPS) is 13.1. The number of nitrogens with one attached hydrogen (secondary N) is 2. The molecule has 0 unspecified atom stereocenters. The molecule has 2 heterocycles. The fourth-order valence-electron chi connectivity index (χ4n) is 2.43. The van der Waals surface area contributed by atoms with Crippen LogP contribution in [-0.4, -0.2) is 26.1 Å². The van der Waals surface area contributed by atoms with Crippen LogP contribution in [0.4, 0.5) is 0 Å². The fraction of sp³-hybridized carbons (Fsp3) is 0.368. The van der Waals surface area contributed by atoms with Crippen molar-refractivity contribution in [1.29, 1.82) is 0 Å². The minimum Gasteiger partial charge on any atom is -0.487 e. The van der Waals surface area contributed by atoms with E-state index in [2.05, 4.69) is 39.3 Å². The van der Waals surface area contributed by atoms with Crippen LogP contribution >= 0.6 is 11.3 Å². The lowest BCUT2D eigenvalue weighted by molar-refractivity contribution is 0.0938. The van der Waals surface area contributed by atoms with Crippen LogP contribution < -0.4 is 10.1 Å². The van der Waals surface area contributed by atoms with E-state index in [-0.39, 0.29) is 17.9 Å². The third-order valence-corrected chi connectivity index (χ3v) is 4.93. The monoisotopic (exact) mass is 385 g/mol. The summed E-state index contributed by atoms with van der Waals surface area (Å²) in [5.74, 6) is 2.13. The number of amides is 1. The van der Waals surface area contributed by atoms with Crippen molar-refractivity contribution >= 4 is 17.2 Å². The maximum Gasteiger partial charge on any atom is 0.251 e. The molecule has 0 fully saturated rings. The molecule has 0 aliphatic carbocycles. The van der Waals surface area contributed by atoms with Crippen molar-refractivity contribution in [3.05, 3.63) is 58.1 Å². The first-order chi connectivity index (χ1) is 13.1. The van der Waals surface area contributed by atoms with Gasteiger partial charge in [0.2, 0.25) is 0 Å². The number of thiazole rings is 1. The second-order valence-electron chi connectivity index (χ2n) is 6.38. The Bertz CT molecular complexity index is 878. The van der Waals surface area contributed by atoms with Crippen LogP contribution in [0.2, 0.25) is 0 Å².